The molecular weight excluding hydrogens is 370 g/mol. The van der Waals surface area contributed by atoms with Crippen LogP contribution < -0.4 is 9.47 Å². The molecule has 1 saturated heterocycles. The van der Waals surface area contributed by atoms with Crippen LogP contribution in [0.5, 0.6) is 11.8 Å². The fourth-order valence-electron chi connectivity index (χ4n) is 3.19. The summed E-state index contributed by atoms with van der Waals surface area (Å²) in [4.78, 5) is 22.7. The Hall–Kier alpha value is -2.80. The maximum atomic E-state index is 12.9. The summed E-state index contributed by atoms with van der Waals surface area (Å²) < 4.78 is 16.9. The van der Waals surface area contributed by atoms with Crippen molar-refractivity contribution in [2.45, 2.75) is 18.9 Å². The molecule has 0 bridgehead atoms. The standard InChI is InChI=1S/C19H18ClN3O4/c1-25-15-6-2-4-12-8-16(27-17(12)15)18(24)23-7-3-5-14(11-23)26-19-21-9-13(20)10-22-19/h2,4,6,8-10,14H,3,5,7,11H2,1H3. The molecule has 1 unspecified atom stereocenters. The van der Waals surface area contributed by atoms with Crippen LogP contribution in [0.1, 0.15) is 23.4 Å². The van der Waals surface area contributed by atoms with E-state index in [0.717, 1.165) is 18.2 Å². The van der Waals surface area contributed by atoms with E-state index in [1.54, 1.807) is 24.1 Å². The van der Waals surface area contributed by atoms with Crippen LogP contribution in [0.4, 0.5) is 0 Å². The molecule has 1 fully saturated rings. The number of para-hydroxylation sites is 1. The highest BCUT2D eigenvalue weighted by Crippen LogP contribution is 2.29. The van der Waals surface area contributed by atoms with E-state index in [1.807, 2.05) is 12.1 Å². The van der Waals surface area contributed by atoms with E-state index in [9.17, 15) is 4.79 Å². The average molecular weight is 388 g/mol. The topological polar surface area (TPSA) is 77.7 Å². The number of fused-ring (bicyclic) bond motifs is 1. The van der Waals surface area contributed by atoms with E-state index >= 15 is 0 Å². The highest BCUT2D eigenvalue weighted by atomic mass is 35.5. The Labute approximate surface area is 160 Å². The maximum absolute atomic E-state index is 12.9. The van der Waals surface area contributed by atoms with E-state index < -0.39 is 0 Å². The van der Waals surface area contributed by atoms with Gasteiger partial charge in [-0.25, -0.2) is 9.97 Å². The fraction of sp³-hybridized carbons (Fsp3) is 0.316. The Morgan fingerprint density at radius 2 is 2.15 bits per heavy atom. The zero-order chi connectivity index (χ0) is 18.8. The number of likely N-dealkylation sites (tertiary alicyclic amines) is 1. The maximum Gasteiger partial charge on any atom is 0.316 e. The SMILES string of the molecule is COc1cccc2cc(C(=O)N3CCCC(Oc4ncc(Cl)cn4)C3)oc12. The Balaban J connectivity index is 1.49. The Kier molecular flexibility index (Phi) is 4.85. The van der Waals surface area contributed by atoms with Gasteiger partial charge in [0.05, 0.1) is 31.1 Å². The lowest BCUT2D eigenvalue weighted by Gasteiger charge is -2.31. The number of ether oxygens (including phenoxy) is 2. The van der Waals surface area contributed by atoms with Crippen molar-refractivity contribution in [3.05, 3.63) is 47.4 Å². The number of carbonyl (C=O) groups excluding carboxylic acids is 1. The van der Waals surface area contributed by atoms with Crippen LogP contribution in [-0.4, -0.2) is 47.1 Å². The Bertz CT molecular complexity index is 957. The predicted octanol–water partition coefficient (Wildman–Crippen LogP) is 3.57. The summed E-state index contributed by atoms with van der Waals surface area (Å²) in [6.07, 6.45) is 4.44. The number of amides is 1. The second kappa shape index (κ2) is 7.44. The number of halogens is 1. The Morgan fingerprint density at radius 3 is 2.93 bits per heavy atom. The molecule has 0 aliphatic carbocycles. The molecular formula is C19H18ClN3O4. The molecule has 7 nitrogen and oxygen atoms in total. The monoisotopic (exact) mass is 387 g/mol. The molecule has 0 radical (unpaired) electrons. The van der Waals surface area contributed by atoms with Gasteiger partial charge in [-0.15, -0.1) is 0 Å². The van der Waals surface area contributed by atoms with Gasteiger partial charge < -0.3 is 18.8 Å². The number of nitrogens with zero attached hydrogens (tertiary/aromatic N) is 3. The minimum atomic E-state index is -0.178. The average Bonchev–Trinajstić information content (AvgIpc) is 3.14. The molecule has 0 N–H and O–H groups in total. The van der Waals surface area contributed by atoms with E-state index in [-0.39, 0.29) is 23.8 Å². The van der Waals surface area contributed by atoms with Gasteiger partial charge in [-0.1, -0.05) is 23.7 Å². The number of methoxy groups -OCH3 is 1. The van der Waals surface area contributed by atoms with E-state index in [4.69, 9.17) is 25.5 Å². The lowest BCUT2D eigenvalue weighted by molar-refractivity contribution is 0.0491. The van der Waals surface area contributed by atoms with Crippen molar-refractivity contribution in [3.63, 3.8) is 0 Å². The number of carbonyl (C=O) groups is 1. The summed E-state index contributed by atoms with van der Waals surface area (Å²) in [5, 5.41) is 1.28. The first-order valence-electron chi connectivity index (χ1n) is 8.64. The van der Waals surface area contributed by atoms with Crippen molar-refractivity contribution in [2.24, 2.45) is 0 Å². The molecule has 1 amide bonds. The van der Waals surface area contributed by atoms with Crippen LogP contribution in [0.2, 0.25) is 5.02 Å². The highest BCUT2D eigenvalue weighted by molar-refractivity contribution is 6.30. The van der Waals surface area contributed by atoms with Crippen molar-refractivity contribution in [1.29, 1.82) is 0 Å². The number of aromatic nitrogens is 2. The third kappa shape index (κ3) is 3.68. The first-order chi connectivity index (χ1) is 13.1. The molecule has 1 aliphatic rings. The minimum absolute atomic E-state index is 0.168. The highest BCUT2D eigenvalue weighted by Gasteiger charge is 2.28. The van der Waals surface area contributed by atoms with Crippen molar-refractivity contribution < 1.29 is 18.7 Å². The molecule has 1 aromatic carbocycles. The quantitative estimate of drug-likeness (QED) is 0.681. The van der Waals surface area contributed by atoms with Gasteiger partial charge in [-0.3, -0.25) is 4.79 Å². The molecule has 1 atom stereocenters. The largest absolute Gasteiger partial charge is 0.493 e. The smallest absolute Gasteiger partial charge is 0.316 e. The molecule has 27 heavy (non-hydrogen) atoms. The number of hydrogen-bond donors (Lipinski definition) is 0. The van der Waals surface area contributed by atoms with Crippen molar-refractivity contribution in [2.75, 3.05) is 20.2 Å². The van der Waals surface area contributed by atoms with Gasteiger partial charge in [0.1, 0.15) is 6.10 Å². The van der Waals surface area contributed by atoms with Gasteiger partial charge in [0.25, 0.3) is 5.91 Å². The number of hydrogen-bond acceptors (Lipinski definition) is 6. The van der Waals surface area contributed by atoms with Crippen molar-refractivity contribution in [1.82, 2.24) is 14.9 Å². The molecule has 4 rings (SSSR count). The third-order valence-electron chi connectivity index (χ3n) is 4.47. The number of benzene rings is 1. The van der Waals surface area contributed by atoms with Gasteiger partial charge in [0, 0.05) is 11.9 Å². The predicted molar refractivity (Wildman–Crippen MR) is 99.4 cm³/mol. The number of piperidine rings is 1. The normalized spacial score (nSPS) is 17.1. The number of furan rings is 1. The van der Waals surface area contributed by atoms with Crippen LogP contribution in [0.15, 0.2) is 41.1 Å². The molecule has 1 aliphatic heterocycles. The molecule has 0 saturated carbocycles. The summed E-state index contributed by atoms with van der Waals surface area (Å²) in [6.45, 7) is 1.09. The van der Waals surface area contributed by atoms with E-state index in [2.05, 4.69) is 9.97 Å². The molecule has 2 aromatic heterocycles. The van der Waals surface area contributed by atoms with Gasteiger partial charge in [-0.2, -0.15) is 0 Å². The zero-order valence-electron chi connectivity index (χ0n) is 14.7. The minimum Gasteiger partial charge on any atom is -0.493 e. The van der Waals surface area contributed by atoms with Crippen LogP contribution in [0.25, 0.3) is 11.0 Å². The molecule has 0 spiro atoms. The zero-order valence-corrected chi connectivity index (χ0v) is 15.5. The third-order valence-corrected chi connectivity index (χ3v) is 4.67. The van der Waals surface area contributed by atoms with Crippen molar-refractivity contribution >= 4 is 28.5 Å². The van der Waals surface area contributed by atoms with Crippen LogP contribution >= 0.6 is 11.6 Å². The summed E-state index contributed by atoms with van der Waals surface area (Å²) in [6, 6.07) is 7.55. The van der Waals surface area contributed by atoms with Crippen LogP contribution in [0, 0.1) is 0 Å². The Morgan fingerprint density at radius 1 is 1.33 bits per heavy atom. The lowest BCUT2D eigenvalue weighted by Crippen LogP contribution is -2.44. The number of rotatable bonds is 4. The van der Waals surface area contributed by atoms with Gasteiger partial charge in [-0.05, 0) is 25.0 Å². The second-order valence-electron chi connectivity index (χ2n) is 6.31. The first kappa shape index (κ1) is 17.6. The lowest BCUT2D eigenvalue weighted by atomic mass is 10.1. The second-order valence-corrected chi connectivity index (χ2v) is 6.74. The van der Waals surface area contributed by atoms with E-state index in [0.29, 0.717) is 29.4 Å². The molecule has 8 heteroatoms. The first-order valence-corrected chi connectivity index (χ1v) is 9.02. The molecule has 3 heterocycles. The molecule has 3 aromatic rings. The summed E-state index contributed by atoms with van der Waals surface area (Å²) in [5.41, 5.74) is 0.572. The molecule has 140 valence electrons. The summed E-state index contributed by atoms with van der Waals surface area (Å²) in [7, 11) is 1.57. The van der Waals surface area contributed by atoms with Crippen LogP contribution in [-0.2, 0) is 0 Å². The van der Waals surface area contributed by atoms with Crippen molar-refractivity contribution in [3.8, 4) is 11.8 Å². The van der Waals surface area contributed by atoms with Gasteiger partial charge in [0.2, 0.25) is 0 Å². The fourth-order valence-corrected chi connectivity index (χ4v) is 3.29. The van der Waals surface area contributed by atoms with E-state index in [1.165, 1.54) is 12.4 Å². The summed E-state index contributed by atoms with van der Waals surface area (Å²) in [5.74, 6) is 0.725. The summed E-state index contributed by atoms with van der Waals surface area (Å²) >= 11 is 5.79. The van der Waals surface area contributed by atoms with Gasteiger partial charge in [0.15, 0.2) is 17.1 Å². The van der Waals surface area contributed by atoms with Gasteiger partial charge >= 0.3 is 6.01 Å². The van der Waals surface area contributed by atoms with Crippen LogP contribution in [0.3, 0.4) is 0 Å².